The highest BCUT2D eigenvalue weighted by Gasteiger charge is 2.09. The first-order valence-corrected chi connectivity index (χ1v) is 7.19. The molecule has 0 spiro atoms. The highest BCUT2D eigenvalue weighted by molar-refractivity contribution is 5.79. The average Bonchev–Trinajstić information content (AvgIpc) is 2.48. The third-order valence-corrected chi connectivity index (χ3v) is 3.11. The summed E-state index contributed by atoms with van der Waals surface area (Å²) in [5, 5.41) is 3.13. The van der Waals surface area contributed by atoms with Crippen molar-refractivity contribution in [2.45, 2.75) is 33.2 Å². The summed E-state index contributed by atoms with van der Waals surface area (Å²) in [6.45, 7) is 7.62. The van der Waals surface area contributed by atoms with Gasteiger partial charge in [-0.1, -0.05) is 12.1 Å². The number of ether oxygens (including phenoxy) is 1. The molecule has 0 radical (unpaired) electrons. The van der Waals surface area contributed by atoms with Crippen molar-refractivity contribution in [1.82, 2.24) is 10.7 Å². The molecule has 0 aliphatic carbocycles. The van der Waals surface area contributed by atoms with Crippen LogP contribution in [-0.4, -0.2) is 25.7 Å². The van der Waals surface area contributed by atoms with Gasteiger partial charge in [0.05, 0.1) is 6.04 Å². The first-order valence-electron chi connectivity index (χ1n) is 7.19. The highest BCUT2D eigenvalue weighted by Crippen LogP contribution is 2.16. The van der Waals surface area contributed by atoms with Crippen LogP contribution < -0.4 is 16.6 Å². The number of hydrazine groups is 1. The number of halogens is 1. The van der Waals surface area contributed by atoms with E-state index >= 15 is 0 Å². The van der Waals surface area contributed by atoms with E-state index in [1.807, 2.05) is 19.9 Å². The van der Waals surface area contributed by atoms with E-state index in [2.05, 4.69) is 15.7 Å². The summed E-state index contributed by atoms with van der Waals surface area (Å²) >= 11 is 0. The van der Waals surface area contributed by atoms with Gasteiger partial charge in [-0.3, -0.25) is 10.4 Å². The van der Waals surface area contributed by atoms with Gasteiger partial charge in [0.15, 0.2) is 0 Å². The topological polar surface area (TPSA) is 71.7 Å². The first kappa shape index (κ1) is 17.4. The van der Waals surface area contributed by atoms with Crippen molar-refractivity contribution in [2.24, 2.45) is 10.8 Å². The molecule has 6 heteroatoms. The Morgan fingerprint density at radius 3 is 2.86 bits per heavy atom. The van der Waals surface area contributed by atoms with Crippen LogP contribution in [-0.2, 0) is 4.74 Å². The standard InChI is InChI=1S/C15H25FN4O/c1-4-21-9-5-8-18-15(20-17)19-12(3)13-7-6-11(2)14(16)10-13/h6-7,10,12H,4-5,8-9,17H2,1-3H3,(H2,18,19,20). The number of nitrogens with two attached hydrogens (primary N) is 1. The summed E-state index contributed by atoms with van der Waals surface area (Å²) in [6, 6.07) is 5.08. The van der Waals surface area contributed by atoms with Crippen molar-refractivity contribution in [1.29, 1.82) is 0 Å². The number of aliphatic imine (C=N–C) groups is 1. The van der Waals surface area contributed by atoms with Gasteiger partial charge >= 0.3 is 0 Å². The second-order valence-corrected chi connectivity index (χ2v) is 4.80. The minimum absolute atomic E-state index is 0.0956. The molecule has 4 N–H and O–H groups in total. The van der Waals surface area contributed by atoms with Gasteiger partial charge in [-0.25, -0.2) is 10.2 Å². The van der Waals surface area contributed by atoms with Crippen molar-refractivity contribution in [3.8, 4) is 0 Å². The van der Waals surface area contributed by atoms with Crippen LogP contribution in [0.2, 0.25) is 0 Å². The van der Waals surface area contributed by atoms with E-state index in [1.54, 1.807) is 13.0 Å². The SMILES string of the molecule is CCOCCCN=C(NN)NC(C)c1ccc(C)c(F)c1. The number of guanidine groups is 1. The lowest BCUT2D eigenvalue weighted by Crippen LogP contribution is -2.42. The first-order chi connectivity index (χ1) is 10.1. The van der Waals surface area contributed by atoms with Crippen molar-refractivity contribution in [3.63, 3.8) is 0 Å². The summed E-state index contributed by atoms with van der Waals surface area (Å²) in [4.78, 5) is 4.32. The van der Waals surface area contributed by atoms with Gasteiger partial charge < -0.3 is 10.1 Å². The molecular formula is C15H25FN4O. The monoisotopic (exact) mass is 296 g/mol. The lowest BCUT2D eigenvalue weighted by Gasteiger charge is -2.17. The molecule has 1 unspecified atom stereocenters. The molecule has 21 heavy (non-hydrogen) atoms. The second-order valence-electron chi connectivity index (χ2n) is 4.80. The molecule has 0 heterocycles. The second kappa shape index (κ2) is 9.31. The van der Waals surface area contributed by atoms with Crippen LogP contribution in [0.5, 0.6) is 0 Å². The molecule has 0 amide bonds. The zero-order valence-electron chi connectivity index (χ0n) is 12.9. The predicted octanol–water partition coefficient (Wildman–Crippen LogP) is 2.03. The van der Waals surface area contributed by atoms with Crippen LogP contribution in [0.3, 0.4) is 0 Å². The van der Waals surface area contributed by atoms with Crippen LogP contribution >= 0.6 is 0 Å². The van der Waals surface area contributed by atoms with Crippen LogP contribution in [0.1, 0.15) is 37.4 Å². The normalized spacial score (nSPS) is 13.1. The van der Waals surface area contributed by atoms with Crippen LogP contribution in [0.4, 0.5) is 4.39 Å². The minimum atomic E-state index is -0.211. The summed E-state index contributed by atoms with van der Waals surface area (Å²) in [7, 11) is 0. The van der Waals surface area contributed by atoms with E-state index in [9.17, 15) is 4.39 Å². The van der Waals surface area contributed by atoms with Gasteiger partial charge in [0.25, 0.3) is 0 Å². The predicted molar refractivity (Wildman–Crippen MR) is 83.4 cm³/mol. The van der Waals surface area contributed by atoms with Gasteiger partial charge in [0, 0.05) is 19.8 Å². The molecule has 0 aromatic heterocycles. The maximum absolute atomic E-state index is 13.6. The van der Waals surface area contributed by atoms with Gasteiger partial charge in [0.2, 0.25) is 5.96 Å². The lowest BCUT2D eigenvalue weighted by atomic mass is 10.1. The summed E-state index contributed by atoms with van der Waals surface area (Å²) in [5.41, 5.74) is 4.00. The van der Waals surface area contributed by atoms with E-state index in [0.29, 0.717) is 31.3 Å². The van der Waals surface area contributed by atoms with E-state index < -0.39 is 0 Å². The van der Waals surface area contributed by atoms with Gasteiger partial charge in [-0.2, -0.15) is 0 Å². The molecule has 0 saturated carbocycles. The molecule has 1 aromatic carbocycles. The number of nitrogens with zero attached hydrogens (tertiary/aromatic N) is 1. The highest BCUT2D eigenvalue weighted by atomic mass is 19.1. The van der Waals surface area contributed by atoms with E-state index in [-0.39, 0.29) is 11.9 Å². The van der Waals surface area contributed by atoms with E-state index in [1.165, 1.54) is 6.07 Å². The van der Waals surface area contributed by atoms with E-state index in [4.69, 9.17) is 10.6 Å². The van der Waals surface area contributed by atoms with Crippen molar-refractivity contribution in [2.75, 3.05) is 19.8 Å². The molecule has 1 rings (SSSR count). The maximum Gasteiger partial charge on any atom is 0.206 e. The fourth-order valence-corrected chi connectivity index (χ4v) is 1.80. The molecule has 118 valence electrons. The lowest BCUT2D eigenvalue weighted by molar-refractivity contribution is 0.146. The summed E-state index contributed by atoms with van der Waals surface area (Å²) in [5.74, 6) is 5.72. The molecule has 1 aromatic rings. The summed E-state index contributed by atoms with van der Waals surface area (Å²) < 4.78 is 18.8. The zero-order chi connectivity index (χ0) is 15.7. The Morgan fingerprint density at radius 1 is 1.48 bits per heavy atom. The third-order valence-electron chi connectivity index (χ3n) is 3.11. The number of nitrogens with one attached hydrogen (secondary N) is 2. The molecule has 0 aliphatic rings. The number of rotatable bonds is 7. The minimum Gasteiger partial charge on any atom is -0.382 e. The number of aryl methyl sites for hydroxylation is 1. The van der Waals surface area contributed by atoms with Gasteiger partial charge in [-0.05, 0) is 44.4 Å². The van der Waals surface area contributed by atoms with Crippen LogP contribution in [0.25, 0.3) is 0 Å². The molecule has 5 nitrogen and oxygen atoms in total. The van der Waals surface area contributed by atoms with Crippen LogP contribution in [0, 0.1) is 12.7 Å². The Balaban J connectivity index is 2.55. The Morgan fingerprint density at radius 2 is 2.24 bits per heavy atom. The fourth-order valence-electron chi connectivity index (χ4n) is 1.80. The molecule has 0 bridgehead atoms. The fraction of sp³-hybridized carbons (Fsp3) is 0.533. The Bertz CT molecular complexity index is 465. The summed E-state index contributed by atoms with van der Waals surface area (Å²) in [6.07, 6.45) is 0.828. The molecule has 0 aliphatic heterocycles. The Hall–Kier alpha value is -1.66. The largest absolute Gasteiger partial charge is 0.382 e. The van der Waals surface area contributed by atoms with E-state index in [0.717, 1.165) is 12.0 Å². The zero-order valence-corrected chi connectivity index (χ0v) is 12.9. The Kier molecular flexibility index (Phi) is 7.71. The average molecular weight is 296 g/mol. The molecule has 0 fully saturated rings. The Labute approximate surface area is 125 Å². The number of hydrogen-bond acceptors (Lipinski definition) is 3. The molecule has 1 atom stereocenters. The van der Waals surface area contributed by atoms with Crippen molar-refractivity contribution >= 4 is 5.96 Å². The number of hydrogen-bond donors (Lipinski definition) is 3. The van der Waals surface area contributed by atoms with Gasteiger partial charge in [-0.15, -0.1) is 0 Å². The maximum atomic E-state index is 13.6. The van der Waals surface area contributed by atoms with Crippen molar-refractivity contribution < 1.29 is 9.13 Å². The smallest absolute Gasteiger partial charge is 0.206 e. The third kappa shape index (κ3) is 6.10. The van der Waals surface area contributed by atoms with Crippen LogP contribution in [0.15, 0.2) is 23.2 Å². The quantitative estimate of drug-likeness (QED) is 0.237. The molecular weight excluding hydrogens is 271 g/mol. The van der Waals surface area contributed by atoms with Gasteiger partial charge in [0.1, 0.15) is 5.82 Å². The molecule has 0 saturated heterocycles. The van der Waals surface area contributed by atoms with Crippen molar-refractivity contribution in [3.05, 3.63) is 35.1 Å². The number of benzene rings is 1.